The fourth-order valence-electron chi connectivity index (χ4n) is 3.84. The number of ether oxygens (including phenoxy) is 4. The molecule has 3 N–H and O–H groups in total. The van der Waals surface area contributed by atoms with E-state index in [1.807, 2.05) is 9.44 Å². The lowest BCUT2D eigenvalue weighted by atomic mass is 10.2. The van der Waals surface area contributed by atoms with Gasteiger partial charge in [0.15, 0.2) is 0 Å². The molecule has 0 aliphatic carbocycles. The Kier molecular flexibility index (Phi) is 14.5. The molecule has 2 aromatic carbocycles. The maximum atomic E-state index is 12.6. The number of rotatable bonds is 12. The first-order valence-corrected chi connectivity index (χ1v) is 18.2. The summed E-state index contributed by atoms with van der Waals surface area (Å²) in [6.07, 6.45) is 0. The highest BCUT2D eigenvalue weighted by Crippen LogP contribution is 2.23. The molecule has 0 unspecified atom stereocenters. The molecule has 0 aliphatic heterocycles. The highest BCUT2D eigenvalue weighted by atomic mass is 35.5. The third-order valence-corrected chi connectivity index (χ3v) is 9.04. The number of para-hydroxylation sites is 1. The number of halogens is 1. The van der Waals surface area contributed by atoms with Gasteiger partial charge in [0.25, 0.3) is 20.0 Å². The summed E-state index contributed by atoms with van der Waals surface area (Å²) in [5.74, 6) is -0.309. The molecule has 2 heterocycles. The fraction of sp³-hybridized carbons (Fsp3) is 0.276. The van der Waals surface area contributed by atoms with Crippen LogP contribution in [0.15, 0.2) is 58.3 Å². The number of anilines is 2. The Morgan fingerprint density at radius 3 is 1.94 bits per heavy atom. The number of hydrogen-bond acceptors (Lipinski definition) is 17. The van der Waals surface area contributed by atoms with E-state index in [-0.39, 0.29) is 64.3 Å². The number of carbonyl (C=O) groups excluding carboxylic acids is 3. The molecule has 4 rings (SSSR count). The van der Waals surface area contributed by atoms with Crippen LogP contribution in [0.2, 0.25) is 0 Å². The van der Waals surface area contributed by atoms with Crippen LogP contribution < -0.4 is 33.9 Å². The molecule has 21 nitrogen and oxygen atoms in total. The normalized spacial score (nSPS) is 10.8. The van der Waals surface area contributed by atoms with E-state index < -0.39 is 43.0 Å². The smallest absolute Gasteiger partial charge is 0.339 e. The van der Waals surface area contributed by atoms with E-state index in [1.54, 1.807) is 19.9 Å². The topological polar surface area (TPSA) is 273 Å². The van der Waals surface area contributed by atoms with Crippen molar-refractivity contribution in [3.8, 4) is 17.8 Å². The molecule has 0 radical (unpaired) electrons. The Balaban J connectivity index is 0.000000286. The second-order valence-corrected chi connectivity index (χ2v) is 13.5. The second-order valence-electron chi connectivity index (χ2n) is 9.86. The number of carbonyl (C=O) groups is 3. The summed E-state index contributed by atoms with van der Waals surface area (Å²) in [4.78, 5) is 59.7. The predicted molar refractivity (Wildman–Crippen MR) is 186 cm³/mol. The number of hydrogen-bond donors (Lipinski definition) is 3. The van der Waals surface area contributed by atoms with Gasteiger partial charge >= 0.3 is 30.1 Å². The molecular formula is C29H33ClN10O11S2. The van der Waals surface area contributed by atoms with Crippen LogP contribution in [0.1, 0.15) is 22.0 Å². The quantitative estimate of drug-likeness (QED) is 0.136. The largest absolute Gasteiger partial charge is 0.491 e. The summed E-state index contributed by atoms with van der Waals surface area (Å²) >= 11 is 5.55. The van der Waals surface area contributed by atoms with Crippen LogP contribution >= 0.6 is 11.6 Å². The van der Waals surface area contributed by atoms with E-state index in [9.17, 15) is 31.2 Å². The number of alkyl halides is 1. The lowest BCUT2D eigenvalue weighted by Gasteiger charge is -2.17. The maximum Gasteiger partial charge on any atom is 0.339 e. The van der Waals surface area contributed by atoms with Gasteiger partial charge in [0.2, 0.25) is 11.9 Å². The zero-order valence-electron chi connectivity index (χ0n) is 28.8. The molecule has 284 valence electrons. The average molecular weight is 797 g/mol. The molecule has 0 saturated carbocycles. The molecule has 0 aliphatic rings. The van der Waals surface area contributed by atoms with Gasteiger partial charge in [-0.15, -0.1) is 11.6 Å². The molecule has 0 spiro atoms. The number of amides is 4. The van der Waals surface area contributed by atoms with Crippen LogP contribution in [-0.2, 0) is 24.8 Å². The summed E-state index contributed by atoms with van der Waals surface area (Å²) in [7, 11) is -3.49. The molecule has 24 heteroatoms. The molecule has 53 heavy (non-hydrogen) atoms. The molecular weight excluding hydrogens is 764 g/mol. The van der Waals surface area contributed by atoms with Gasteiger partial charge in [0, 0.05) is 7.05 Å². The van der Waals surface area contributed by atoms with Gasteiger partial charge in [-0.3, -0.25) is 10.2 Å². The first kappa shape index (κ1) is 41.5. The summed E-state index contributed by atoms with van der Waals surface area (Å²) in [6.45, 7) is 3.24. The summed E-state index contributed by atoms with van der Waals surface area (Å²) < 4.78 is 73.4. The minimum Gasteiger partial charge on any atom is -0.491 e. The number of methoxy groups -OCH3 is 3. The average Bonchev–Trinajstić information content (AvgIpc) is 3.12. The van der Waals surface area contributed by atoms with E-state index in [4.69, 9.17) is 25.8 Å². The van der Waals surface area contributed by atoms with Crippen molar-refractivity contribution in [1.29, 1.82) is 0 Å². The van der Waals surface area contributed by atoms with Gasteiger partial charge in [-0.2, -0.15) is 29.9 Å². The van der Waals surface area contributed by atoms with Gasteiger partial charge in [0.1, 0.15) is 33.8 Å². The van der Waals surface area contributed by atoms with Gasteiger partial charge in [-0.25, -0.2) is 40.7 Å². The van der Waals surface area contributed by atoms with E-state index in [2.05, 4.69) is 40.0 Å². The third kappa shape index (κ3) is 11.5. The Morgan fingerprint density at radius 1 is 0.755 bits per heavy atom. The van der Waals surface area contributed by atoms with E-state index in [0.717, 1.165) is 12.0 Å². The lowest BCUT2D eigenvalue weighted by molar-refractivity contribution is 0.0596. The first-order chi connectivity index (χ1) is 25.0. The van der Waals surface area contributed by atoms with Crippen molar-refractivity contribution in [1.82, 2.24) is 39.3 Å². The van der Waals surface area contributed by atoms with E-state index in [1.165, 1.54) is 63.7 Å². The Hall–Kier alpha value is -5.94. The van der Waals surface area contributed by atoms with E-state index >= 15 is 0 Å². The summed E-state index contributed by atoms with van der Waals surface area (Å²) in [6, 6.07) is 9.05. The summed E-state index contributed by atoms with van der Waals surface area (Å²) in [5.41, 5.74) is -0.208. The number of sulfonamides is 2. The SMILES string of the molecule is COC(=O)c1ccccc1S(=O)(=O)NC(=O)N(C)c1nc(C)nc(OC)n1.COc1nc(C)nc(NC(=O)NS(=O)(=O)c2ccccc2OCCCl)n1. The monoisotopic (exact) mass is 796 g/mol. The van der Waals surface area contributed by atoms with Gasteiger partial charge in [-0.1, -0.05) is 24.3 Å². The van der Waals surface area contributed by atoms with Crippen molar-refractivity contribution in [2.75, 3.05) is 51.1 Å². The van der Waals surface area contributed by atoms with Crippen molar-refractivity contribution in [2.45, 2.75) is 23.6 Å². The number of benzene rings is 2. The van der Waals surface area contributed by atoms with Gasteiger partial charge in [0.05, 0.1) is 32.8 Å². The van der Waals surface area contributed by atoms with Crippen molar-refractivity contribution < 1.29 is 50.2 Å². The van der Waals surface area contributed by atoms with Crippen LogP contribution in [0, 0.1) is 13.8 Å². The van der Waals surface area contributed by atoms with Crippen LogP contribution in [-0.4, -0.2) is 106 Å². The number of esters is 1. The minimum atomic E-state index is -4.37. The van der Waals surface area contributed by atoms with Crippen molar-refractivity contribution >= 4 is 61.6 Å². The van der Waals surface area contributed by atoms with Gasteiger partial charge in [-0.05, 0) is 38.1 Å². The molecule has 2 aromatic heterocycles. The zero-order valence-corrected chi connectivity index (χ0v) is 31.2. The highest BCUT2D eigenvalue weighted by molar-refractivity contribution is 7.90. The second kappa shape index (κ2) is 18.5. The number of nitrogens with one attached hydrogen (secondary N) is 3. The Bertz CT molecular complexity index is 2180. The molecule has 4 amide bonds. The molecule has 0 saturated heterocycles. The number of urea groups is 2. The van der Waals surface area contributed by atoms with Crippen LogP contribution in [0.5, 0.6) is 17.8 Å². The van der Waals surface area contributed by atoms with Crippen LogP contribution in [0.4, 0.5) is 21.5 Å². The molecule has 4 aromatic rings. The molecule has 0 fully saturated rings. The minimum absolute atomic E-state index is 0.0181. The highest BCUT2D eigenvalue weighted by Gasteiger charge is 2.27. The maximum absolute atomic E-state index is 12.6. The molecule has 0 bridgehead atoms. The lowest BCUT2D eigenvalue weighted by Crippen LogP contribution is -2.42. The Morgan fingerprint density at radius 2 is 1.32 bits per heavy atom. The first-order valence-electron chi connectivity index (χ1n) is 14.7. The number of aromatic nitrogens is 6. The van der Waals surface area contributed by atoms with Crippen LogP contribution in [0.3, 0.4) is 0 Å². The predicted octanol–water partition coefficient (Wildman–Crippen LogP) is 1.83. The zero-order chi connectivity index (χ0) is 39.3. The standard InChI is InChI=1S/C15H17N5O6S.C14H16ClN5O5S/c1-9-16-13(18-14(17-9)26-4)20(2)15(22)19-27(23,24)11-8-6-5-7-10(11)12(21)25-3;1-9-16-12(19-14(17-9)24-2)18-13(21)20-26(22,23)11-6-4-3-5-10(11)25-8-7-15/h5-8H,1-4H3,(H,19,22);3-6H,7-8H2,1-2H3,(H2,16,17,18,19,20,21). The van der Waals surface area contributed by atoms with Crippen molar-refractivity contribution in [3.63, 3.8) is 0 Å². The van der Waals surface area contributed by atoms with Crippen molar-refractivity contribution in [3.05, 3.63) is 65.7 Å². The van der Waals surface area contributed by atoms with E-state index in [0.29, 0.717) is 0 Å². The fourth-order valence-corrected chi connectivity index (χ4v) is 6.15. The van der Waals surface area contributed by atoms with Crippen LogP contribution in [0.25, 0.3) is 0 Å². The third-order valence-electron chi connectivity index (χ3n) is 6.14. The molecule has 0 atom stereocenters. The number of aryl methyl sites for hydroxylation is 2. The Labute approximate surface area is 308 Å². The van der Waals surface area contributed by atoms with Crippen molar-refractivity contribution in [2.24, 2.45) is 0 Å². The summed E-state index contributed by atoms with van der Waals surface area (Å²) in [5, 5.41) is 2.21. The number of nitrogens with zero attached hydrogens (tertiary/aromatic N) is 7. The van der Waals surface area contributed by atoms with Gasteiger partial charge < -0.3 is 18.9 Å².